The first-order chi connectivity index (χ1) is 9.04. The first-order valence-corrected chi connectivity index (χ1v) is 7.75. The first-order valence-electron chi connectivity index (χ1n) is 6.07. The summed E-state index contributed by atoms with van der Waals surface area (Å²) in [4.78, 5) is 1.26. The molecule has 0 amide bonds. The lowest BCUT2D eigenvalue weighted by molar-refractivity contribution is 0.242. The van der Waals surface area contributed by atoms with Crippen molar-refractivity contribution in [2.45, 2.75) is 26.5 Å². The Morgan fingerprint density at radius 1 is 1.37 bits per heavy atom. The largest absolute Gasteiger partial charge is 0.491 e. The van der Waals surface area contributed by atoms with Crippen molar-refractivity contribution >= 4 is 38.6 Å². The third-order valence-electron chi connectivity index (χ3n) is 2.44. The number of nitrogen functional groups attached to an aromatic ring is 1. The number of rotatable bonds is 5. The molecule has 1 heterocycles. The summed E-state index contributed by atoms with van der Waals surface area (Å²) < 4.78 is 6.80. The van der Waals surface area contributed by atoms with Crippen LogP contribution in [0.1, 0.15) is 18.7 Å². The van der Waals surface area contributed by atoms with E-state index in [1.165, 1.54) is 4.88 Å². The number of anilines is 2. The van der Waals surface area contributed by atoms with Crippen molar-refractivity contribution in [2.24, 2.45) is 0 Å². The van der Waals surface area contributed by atoms with Crippen LogP contribution in [0.4, 0.5) is 11.4 Å². The van der Waals surface area contributed by atoms with E-state index in [1.807, 2.05) is 38.1 Å². The Hall–Kier alpha value is -1.20. The fraction of sp³-hybridized carbons (Fsp3) is 0.286. The van der Waals surface area contributed by atoms with Gasteiger partial charge >= 0.3 is 0 Å². The minimum absolute atomic E-state index is 0.140. The molecule has 0 fully saturated rings. The molecule has 0 saturated heterocycles. The van der Waals surface area contributed by atoms with Crippen LogP contribution in [-0.2, 0) is 6.54 Å². The maximum Gasteiger partial charge on any atom is 0.123 e. The molecule has 5 heteroatoms. The smallest absolute Gasteiger partial charge is 0.123 e. The molecule has 2 aromatic rings. The van der Waals surface area contributed by atoms with E-state index in [4.69, 9.17) is 10.5 Å². The maximum absolute atomic E-state index is 5.89. The topological polar surface area (TPSA) is 47.3 Å². The standard InChI is InChI=1S/C14H17BrN2OS/c1-9(2)18-12-6-10(16)5-11(7-12)17-8-14-13(15)3-4-19-14/h3-7,9,17H,8,16H2,1-2H3. The van der Waals surface area contributed by atoms with E-state index >= 15 is 0 Å². The van der Waals surface area contributed by atoms with E-state index < -0.39 is 0 Å². The van der Waals surface area contributed by atoms with Gasteiger partial charge in [-0.2, -0.15) is 0 Å². The van der Waals surface area contributed by atoms with Crippen molar-refractivity contribution in [1.29, 1.82) is 0 Å². The summed E-state index contributed by atoms with van der Waals surface area (Å²) in [6.45, 7) is 4.76. The van der Waals surface area contributed by atoms with E-state index in [-0.39, 0.29) is 6.10 Å². The van der Waals surface area contributed by atoms with Crippen molar-refractivity contribution in [3.05, 3.63) is 39.0 Å². The lowest BCUT2D eigenvalue weighted by Crippen LogP contribution is -2.06. The van der Waals surface area contributed by atoms with E-state index in [2.05, 4.69) is 26.6 Å². The number of ether oxygens (including phenoxy) is 1. The molecule has 1 aromatic heterocycles. The Bertz CT molecular complexity index is 554. The molecule has 0 aliphatic carbocycles. The molecule has 0 saturated carbocycles. The van der Waals surface area contributed by atoms with Crippen LogP contribution in [0.2, 0.25) is 0 Å². The predicted molar refractivity (Wildman–Crippen MR) is 86.0 cm³/mol. The number of nitrogens with two attached hydrogens (primary N) is 1. The normalized spacial score (nSPS) is 10.7. The second kappa shape index (κ2) is 6.30. The molecule has 0 spiro atoms. The quantitative estimate of drug-likeness (QED) is 0.788. The Morgan fingerprint density at radius 2 is 2.16 bits per heavy atom. The summed E-state index contributed by atoms with van der Waals surface area (Å²) in [6, 6.07) is 7.77. The summed E-state index contributed by atoms with van der Waals surface area (Å²) in [6.07, 6.45) is 0.140. The number of benzene rings is 1. The van der Waals surface area contributed by atoms with Gasteiger partial charge in [-0.3, -0.25) is 0 Å². The summed E-state index contributed by atoms with van der Waals surface area (Å²) in [7, 11) is 0. The number of halogens is 1. The van der Waals surface area contributed by atoms with E-state index in [0.29, 0.717) is 5.69 Å². The van der Waals surface area contributed by atoms with Gasteiger partial charge in [0.15, 0.2) is 0 Å². The van der Waals surface area contributed by atoms with Gasteiger partial charge in [0.1, 0.15) is 5.75 Å². The third kappa shape index (κ3) is 4.14. The van der Waals surface area contributed by atoms with Gasteiger partial charge in [0, 0.05) is 32.9 Å². The Kier molecular flexibility index (Phi) is 4.71. The molecule has 3 nitrogen and oxygen atoms in total. The number of hydrogen-bond donors (Lipinski definition) is 2. The summed E-state index contributed by atoms with van der Waals surface area (Å²) >= 11 is 5.24. The van der Waals surface area contributed by atoms with Crippen molar-refractivity contribution < 1.29 is 4.74 Å². The monoisotopic (exact) mass is 340 g/mol. The molecule has 0 unspecified atom stereocenters. The van der Waals surface area contributed by atoms with Gasteiger partial charge in [-0.1, -0.05) is 0 Å². The summed E-state index contributed by atoms with van der Waals surface area (Å²) in [5, 5.41) is 5.43. The van der Waals surface area contributed by atoms with Gasteiger partial charge in [-0.25, -0.2) is 0 Å². The minimum Gasteiger partial charge on any atom is -0.491 e. The lowest BCUT2D eigenvalue weighted by Gasteiger charge is -2.13. The predicted octanol–water partition coefficient (Wildman–Crippen LogP) is 4.49. The van der Waals surface area contributed by atoms with Crippen molar-refractivity contribution in [1.82, 2.24) is 0 Å². The van der Waals surface area contributed by atoms with Gasteiger partial charge in [0.25, 0.3) is 0 Å². The zero-order valence-electron chi connectivity index (χ0n) is 10.9. The second-order valence-corrected chi connectivity index (χ2v) is 6.36. The van der Waals surface area contributed by atoms with Crippen molar-refractivity contribution in [3.63, 3.8) is 0 Å². The van der Waals surface area contributed by atoms with Crippen LogP contribution in [-0.4, -0.2) is 6.10 Å². The van der Waals surface area contributed by atoms with Gasteiger partial charge in [-0.05, 0) is 47.3 Å². The number of hydrogen-bond acceptors (Lipinski definition) is 4. The van der Waals surface area contributed by atoms with Gasteiger partial charge in [0.05, 0.1) is 12.6 Å². The molecule has 0 radical (unpaired) electrons. The molecule has 0 atom stereocenters. The van der Waals surface area contributed by atoms with E-state index in [9.17, 15) is 0 Å². The number of thiophene rings is 1. The van der Waals surface area contributed by atoms with Crippen LogP contribution in [0.25, 0.3) is 0 Å². The SMILES string of the molecule is CC(C)Oc1cc(N)cc(NCc2sccc2Br)c1. The van der Waals surface area contributed by atoms with Crippen LogP contribution < -0.4 is 15.8 Å². The molecular weight excluding hydrogens is 324 g/mol. The minimum atomic E-state index is 0.140. The molecule has 2 rings (SSSR count). The van der Waals surface area contributed by atoms with Gasteiger partial charge in [0.2, 0.25) is 0 Å². The van der Waals surface area contributed by atoms with Crippen molar-refractivity contribution in [3.8, 4) is 5.75 Å². The molecule has 19 heavy (non-hydrogen) atoms. The zero-order valence-corrected chi connectivity index (χ0v) is 13.3. The van der Waals surface area contributed by atoms with Crippen molar-refractivity contribution in [2.75, 3.05) is 11.1 Å². The number of nitrogens with one attached hydrogen (secondary N) is 1. The van der Waals surface area contributed by atoms with E-state index in [1.54, 1.807) is 11.3 Å². The average molecular weight is 341 g/mol. The fourth-order valence-electron chi connectivity index (χ4n) is 1.70. The maximum atomic E-state index is 5.89. The molecule has 102 valence electrons. The molecule has 3 N–H and O–H groups in total. The molecule has 0 aliphatic rings. The van der Waals surface area contributed by atoms with Crippen LogP contribution in [0.3, 0.4) is 0 Å². The van der Waals surface area contributed by atoms with Crippen LogP contribution in [0.5, 0.6) is 5.75 Å². The lowest BCUT2D eigenvalue weighted by atomic mass is 10.2. The van der Waals surface area contributed by atoms with Gasteiger partial charge in [-0.15, -0.1) is 11.3 Å². The molecular formula is C14H17BrN2OS. The Balaban J connectivity index is 2.07. The third-order valence-corrected chi connectivity index (χ3v) is 4.37. The molecule has 0 aliphatic heterocycles. The highest BCUT2D eigenvalue weighted by Gasteiger charge is 2.04. The highest BCUT2D eigenvalue weighted by Crippen LogP contribution is 2.26. The Morgan fingerprint density at radius 3 is 2.79 bits per heavy atom. The fourth-order valence-corrected chi connectivity index (χ4v) is 3.13. The highest BCUT2D eigenvalue weighted by molar-refractivity contribution is 9.10. The van der Waals surface area contributed by atoms with Crippen LogP contribution in [0.15, 0.2) is 34.1 Å². The van der Waals surface area contributed by atoms with Crippen LogP contribution >= 0.6 is 27.3 Å². The first kappa shape index (κ1) is 14.2. The zero-order chi connectivity index (χ0) is 13.8. The van der Waals surface area contributed by atoms with Gasteiger partial charge < -0.3 is 15.8 Å². The van der Waals surface area contributed by atoms with E-state index in [0.717, 1.165) is 22.5 Å². The average Bonchev–Trinajstić information content (AvgIpc) is 2.70. The molecule has 0 bridgehead atoms. The highest BCUT2D eigenvalue weighted by atomic mass is 79.9. The Labute approximate surface area is 125 Å². The van der Waals surface area contributed by atoms with Crippen LogP contribution in [0, 0.1) is 0 Å². The second-order valence-electron chi connectivity index (χ2n) is 4.50. The molecule has 1 aromatic carbocycles. The summed E-state index contributed by atoms with van der Waals surface area (Å²) in [5.41, 5.74) is 7.56. The summed E-state index contributed by atoms with van der Waals surface area (Å²) in [5.74, 6) is 0.794.